The van der Waals surface area contributed by atoms with Crippen molar-refractivity contribution in [2.45, 2.75) is 37.8 Å². The van der Waals surface area contributed by atoms with Crippen LogP contribution in [0.4, 0.5) is 0 Å². The number of hydrogen-bond acceptors (Lipinski definition) is 3. The zero-order valence-electron chi connectivity index (χ0n) is 10.4. The summed E-state index contributed by atoms with van der Waals surface area (Å²) < 4.78 is 6.12. The molecule has 94 valence electrons. The number of benzene rings is 1. The van der Waals surface area contributed by atoms with E-state index in [4.69, 9.17) is 10.5 Å². The zero-order valence-corrected chi connectivity index (χ0v) is 10.4. The lowest BCUT2D eigenvalue weighted by Gasteiger charge is -2.29. The summed E-state index contributed by atoms with van der Waals surface area (Å²) in [5, 5.41) is 1.07. The molecular weight excluding hydrogens is 224 g/mol. The second kappa shape index (κ2) is 4.94. The van der Waals surface area contributed by atoms with Crippen LogP contribution in [0.5, 0.6) is 5.75 Å². The van der Waals surface area contributed by atoms with Crippen LogP contribution in [0.15, 0.2) is 36.5 Å². The number of nitrogens with zero attached hydrogens (tertiary/aromatic N) is 1. The molecule has 1 aromatic heterocycles. The Morgan fingerprint density at radius 3 is 2.89 bits per heavy atom. The van der Waals surface area contributed by atoms with E-state index in [2.05, 4.69) is 4.98 Å². The fraction of sp³-hybridized carbons (Fsp3) is 0.400. The van der Waals surface area contributed by atoms with Gasteiger partial charge >= 0.3 is 0 Å². The fourth-order valence-corrected chi connectivity index (χ4v) is 2.61. The molecule has 0 aliphatic heterocycles. The lowest BCUT2D eigenvalue weighted by molar-refractivity contribution is 0.134. The van der Waals surface area contributed by atoms with E-state index in [0.717, 1.165) is 29.5 Å². The predicted molar refractivity (Wildman–Crippen MR) is 72.6 cm³/mol. The Bertz CT molecular complexity index is 536. The largest absolute Gasteiger partial charge is 0.488 e. The number of ether oxygens (including phenoxy) is 1. The van der Waals surface area contributed by atoms with E-state index in [1.54, 1.807) is 6.20 Å². The lowest BCUT2D eigenvalue weighted by Crippen LogP contribution is -2.41. The van der Waals surface area contributed by atoms with Crippen molar-refractivity contribution in [3.63, 3.8) is 0 Å². The third-order valence-corrected chi connectivity index (χ3v) is 3.64. The molecule has 1 fully saturated rings. The first-order valence-electron chi connectivity index (χ1n) is 6.60. The quantitative estimate of drug-likeness (QED) is 0.880. The van der Waals surface area contributed by atoms with E-state index in [0.29, 0.717) is 0 Å². The van der Waals surface area contributed by atoms with Crippen LogP contribution in [0.1, 0.15) is 25.7 Å². The molecule has 0 saturated heterocycles. The molecule has 2 aromatic rings. The third-order valence-electron chi connectivity index (χ3n) is 3.64. The molecule has 0 bridgehead atoms. The van der Waals surface area contributed by atoms with E-state index in [-0.39, 0.29) is 12.1 Å². The van der Waals surface area contributed by atoms with Crippen LogP contribution in [0, 0.1) is 0 Å². The van der Waals surface area contributed by atoms with Gasteiger partial charge in [0, 0.05) is 17.6 Å². The van der Waals surface area contributed by atoms with E-state index >= 15 is 0 Å². The van der Waals surface area contributed by atoms with Crippen molar-refractivity contribution in [1.29, 1.82) is 0 Å². The zero-order chi connectivity index (χ0) is 12.4. The third kappa shape index (κ3) is 2.18. The van der Waals surface area contributed by atoms with Gasteiger partial charge in [-0.15, -0.1) is 0 Å². The first-order valence-corrected chi connectivity index (χ1v) is 6.60. The molecule has 3 nitrogen and oxygen atoms in total. The van der Waals surface area contributed by atoms with Gasteiger partial charge in [0.05, 0.1) is 5.52 Å². The topological polar surface area (TPSA) is 48.1 Å². The molecule has 0 spiro atoms. The molecule has 1 heterocycles. The molecule has 1 aliphatic rings. The van der Waals surface area contributed by atoms with Gasteiger partial charge < -0.3 is 10.5 Å². The molecule has 2 unspecified atom stereocenters. The van der Waals surface area contributed by atoms with E-state index < -0.39 is 0 Å². The van der Waals surface area contributed by atoms with Gasteiger partial charge in [-0.1, -0.05) is 12.5 Å². The Labute approximate surface area is 107 Å². The standard InChI is InChI=1S/C15H18N2O/c16-12-6-1-2-8-15(12)18-14-9-3-7-13-11(14)5-4-10-17-13/h3-5,7,9-10,12,15H,1-2,6,8,16H2. The normalized spacial score (nSPS) is 24.1. The molecule has 18 heavy (non-hydrogen) atoms. The minimum absolute atomic E-state index is 0.143. The summed E-state index contributed by atoms with van der Waals surface area (Å²) in [5.41, 5.74) is 7.10. The monoisotopic (exact) mass is 242 g/mol. The lowest BCUT2D eigenvalue weighted by atomic mass is 9.93. The van der Waals surface area contributed by atoms with Crippen LogP contribution in [0.2, 0.25) is 0 Å². The minimum Gasteiger partial charge on any atom is -0.488 e. The van der Waals surface area contributed by atoms with Gasteiger partial charge in [-0.2, -0.15) is 0 Å². The fourth-order valence-electron chi connectivity index (χ4n) is 2.61. The van der Waals surface area contributed by atoms with Gasteiger partial charge in [-0.25, -0.2) is 0 Å². The van der Waals surface area contributed by atoms with Crippen molar-refractivity contribution in [3.8, 4) is 5.75 Å². The highest BCUT2D eigenvalue weighted by molar-refractivity contribution is 5.84. The SMILES string of the molecule is NC1CCCCC1Oc1cccc2ncccc12. The van der Waals surface area contributed by atoms with Gasteiger partial charge in [0.25, 0.3) is 0 Å². The van der Waals surface area contributed by atoms with Crippen LogP contribution in [-0.4, -0.2) is 17.1 Å². The highest BCUT2D eigenvalue weighted by atomic mass is 16.5. The number of nitrogens with two attached hydrogens (primary N) is 1. The van der Waals surface area contributed by atoms with Crippen molar-refractivity contribution < 1.29 is 4.74 Å². The summed E-state index contributed by atoms with van der Waals surface area (Å²) >= 11 is 0. The maximum absolute atomic E-state index is 6.13. The Morgan fingerprint density at radius 2 is 2.00 bits per heavy atom. The van der Waals surface area contributed by atoms with Gasteiger partial charge in [0.15, 0.2) is 0 Å². The van der Waals surface area contributed by atoms with Gasteiger partial charge in [0.1, 0.15) is 11.9 Å². The Hall–Kier alpha value is -1.61. The molecule has 3 heteroatoms. The average molecular weight is 242 g/mol. The van der Waals surface area contributed by atoms with Crippen LogP contribution in [0.25, 0.3) is 10.9 Å². The van der Waals surface area contributed by atoms with E-state index in [1.165, 1.54) is 12.8 Å². The molecule has 1 aromatic carbocycles. The second-order valence-corrected chi connectivity index (χ2v) is 4.93. The summed E-state index contributed by atoms with van der Waals surface area (Å²) in [7, 11) is 0. The molecule has 2 atom stereocenters. The first-order chi connectivity index (χ1) is 8.84. The van der Waals surface area contributed by atoms with Gasteiger partial charge in [0.2, 0.25) is 0 Å². The van der Waals surface area contributed by atoms with Crippen molar-refractivity contribution in [2.75, 3.05) is 0 Å². The van der Waals surface area contributed by atoms with Crippen LogP contribution >= 0.6 is 0 Å². The molecular formula is C15H18N2O. The van der Waals surface area contributed by atoms with E-state index in [1.807, 2.05) is 30.3 Å². The first kappa shape index (κ1) is 11.5. The highest BCUT2D eigenvalue weighted by Gasteiger charge is 2.23. The van der Waals surface area contributed by atoms with Gasteiger partial charge in [-0.05, 0) is 43.5 Å². The summed E-state index contributed by atoms with van der Waals surface area (Å²) in [6.07, 6.45) is 6.49. The van der Waals surface area contributed by atoms with E-state index in [9.17, 15) is 0 Å². The Morgan fingerprint density at radius 1 is 1.11 bits per heavy atom. The van der Waals surface area contributed by atoms with Crippen LogP contribution in [0.3, 0.4) is 0 Å². The Kier molecular flexibility index (Phi) is 3.15. The van der Waals surface area contributed by atoms with Crippen molar-refractivity contribution in [1.82, 2.24) is 4.98 Å². The number of aromatic nitrogens is 1. The second-order valence-electron chi connectivity index (χ2n) is 4.93. The molecule has 1 saturated carbocycles. The number of fused-ring (bicyclic) bond motifs is 1. The Balaban J connectivity index is 1.90. The molecule has 3 rings (SSSR count). The summed E-state index contributed by atoms with van der Waals surface area (Å²) in [4.78, 5) is 4.34. The molecule has 1 aliphatic carbocycles. The molecule has 0 amide bonds. The van der Waals surface area contributed by atoms with Crippen molar-refractivity contribution in [2.24, 2.45) is 5.73 Å². The van der Waals surface area contributed by atoms with Crippen LogP contribution < -0.4 is 10.5 Å². The number of hydrogen-bond donors (Lipinski definition) is 1. The number of pyridine rings is 1. The summed E-state index contributed by atoms with van der Waals surface area (Å²) in [6, 6.07) is 10.1. The number of rotatable bonds is 2. The minimum atomic E-state index is 0.143. The molecule has 0 radical (unpaired) electrons. The van der Waals surface area contributed by atoms with Gasteiger partial charge in [-0.3, -0.25) is 4.98 Å². The van der Waals surface area contributed by atoms with Crippen molar-refractivity contribution >= 4 is 10.9 Å². The predicted octanol–water partition coefficient (Wildman–Crippen LogP) is 2.88. The molecule has 2 N–H and O–H groups in total. The average Bonchev–Trinajstić information content (AvgIpc) is 2.42. The van der Waals surface area contributed by atoms with Crippen molar-refractivity contribution in [3.05, 3.63) is 36.5 Å². The maximum Gasteiger partial charge on any atom is 0.129 e. The smallest absolute Gasteiger partial charge is 0.129 e. The van der Waals surface area contributed by atoms with Crippen LogP contribution in [-0.2, 0) is 0 Å². The summed E-state index contributed by atoms with van der Waals surface area (Å²) in [5.74, 6) is 0.906. The highest BCUT2D eigenvalue weighted by Crippen LogP contribution is 2.28. The maximum atomic E-state index is 6.13. The summed E-state index contributed by atoms with van der Waals surface area (Å²) in [6.45, 7) is 0.